The van der Waals surface area contributed by atoms with Gasteiger partial charge in [-0.25, -0.2) is 0 Å². The second-order valence-corrected chi connectivity index (χ2v) is 8.73. The molecule has 0 saturated heterocycles. The molecular formula is C22H30Cl2N2O2. The lowest BCUT2D eigenvalue weighted by atomic mass is 10.00. The van der Waals surface area contributed by atoms with Crippen LogP contribution in [0.2, 0.25) is 5.02 Å². The van der Waals surface area contributed by atoms with Crippen molar-refractivity contribution < 1.29 is 9.59 Å². The number of halogens is 2. The predicted octanol–water partition coefficient (Wildman–Crippen LogP) is 5.23. The van der Waals surface area contributed by atoms with Gasteiger partial charge in [0.05, 0.1) is 0 Å². The van der Waals surface area contributed by atoms with Crippen molar-refractivity contribution in [1.29, 1.82) is 0 Å². The van der Waals surface area contributed by atoms with Crippen LogP contribution < -0.4 is 5.32 Å². The molecule has 6 heteroatoms. The number of amides is 2. The van der Waals surface area contributed by atoms with Crippen LogP contribution in [0, 0.1) is 0 Å². The van der Waals surface area contributed by atoms with Crippen LogP contribution in [-0.2, 0) is 9.59 Å². The van der Waals surface area contributed by atoms with Crippen molar-refractivity contribution in [2.24, 2.45) is 0 Å². The highest BCUT2D eigenvalue weighted by Crippen LogP contribution is 2.33. The molecule has 1 atom stereocenters. The fraction of sp³-hybridized carbons (Fsp3) is 0.636. The summed E-state index contributed by atoms with van der Waals surface area (Å²) in [6, 6.07) is 6.84. The van der Waals surface area contributed by atoms with E-state index in [1.807, 2.05) is 12.1 Å². The molecule has 0 unspecified atom stereocenters. The van der Waals surface area contributed by atoms with E-state index in [1.54, 1.807) is 17.0 Å². The van der Waals surface area contributed by atoms with Crippen molar-refractivity contribution in [3.8, 4) is 0 Å². The van der Waals surface area contributed by atoms with Crippen molar-refractivity contribution >= 4 is 35.0 Å². The Morgan fingerprint density at radius 3 is 2.11 bits per heavy atom. The topological polar surface area (TPSA) is 49.4 Å². The molecule has 0 bridgehead atoms. The number of hydrogen-bond donors (Lipinski definition) is 1. The van der Waals surface area contributed by atoms with Gasteiger partial charge in [-0.15, -0.1) is 11.6 Å². The maximum Gasteiger partial charge on any atom is 0.247 e. The molecule has 2 aliphatic rings. The summed E-state index contributed by atoms with van der Waals surface area (Å²) in [5.74, 6) is -0.388. The van der Waals surface area contributed by atoms with Gasteiger partial charge in [-0.05, 0) is 43.4 Å². The van der Waals surface area contributed by atoms with Crippen molar-refractivity contribution in [3.63, 3.8) is 0 Å². The molecule has 0 aromatic heterocycles. The zero-order chi connectivity index (χ0) is 19.9. The van der Waals surface area contributed by atoms with E-state index < -0.39 is 6.04 Å². The molecule has 1 aromatic rings. The van der Waals surface area contributed by atoms with Crippen LogP contribution in [0.4, 0.5) is 0 Å². The minimum atomic E-state index is -0.658. The number of carbonyl (C=O) groups excluding carboxylic acids is 2. The fourth-order valence-electron chi connectivity index (χ4n) is 4.60. The first-order chi connectivity index (χ1) is 13.6. The number of carbonyl (C=O) groups is 2. The van der Waals surface area contributed by atoms with Crippen LogP contribution in [0.1, 0.15) is 75.8 Å². The van der Waals surface area contributed by atoms with E-state index in [2.05, 4.69) is 5.32 Å². The summed E-state index contributed by atoms with van der Waals surface area (Å²) in [5.41, 5.74) is 0.792. The van der Waals surface area contributed by atoms with Gasteiger partial charge in [-0.1, -0.05) is 62.3 Å². The molecule has 0 radical (unpaired) electrons. The molecule has 0 heterocycles. The average Bonchev–Trinajstić information content (AvgIpc) is 3.10. The van der Waals surface area contributed by atoms with E-state index in [0.29, 0.717) is 5.02 Å². The second-order valence-electron chi connectivity index (χ2n) is 8.02. The average molecular weight is 425 g/mol. The van der Waals surface area contributed by atoms with Crippen molar-refractivity contribution in [3.05, 3.63) is 34.9 Å². The minimum absolute atomic E-state index is 0.0619. The van der Waals surface area contributed by atoms with Crippen LogP contribution in [0.3, 0.4) is 0 Å². The number of benzene rings is 1. The quantitative estimate of drug-likeness (QED) is 0.501. The Kier molecular flexibility index (Phi) is 8.04. The Bertz CT molecular complexity index is 651. The number of rotatable bonds is 6. The minimum Gasteiger partial charge on any atom is -0.351 e. The highest BCUT2D eigenvalue weighted by molar-refractivity contribution is 6.30. The van der Waals surface area contributed by atoms with E-state index in [-0.39, 0.29) is 29.8 Å². The molecule has 4 nitrogen and oxygen atoms in total. The van der Waals surface area contributed by atoms with Gasteiger partial charge < -0.3 is 10.2 Å². The molecule has 3 rings (SSSR count). The third-order valence-corrected chi connectivity index (χ3v) is 6.51. The molecule has 0 aliphatic heterocycles. The largest absolute Gasteiger partial charge is 0.351 e. The Balaban J connectivity index is 1.89. The number of alkyl halides is 1. The first-order valence-electron chi connectivity index (χ1n) is 10.5. The van der Waals surface area contributed by atoms with Crippen LogP contribution in [-0.4, -0.2) is 34.7 Å². The fourth-order valence-corrected chi connectivity index (χ4v) is 4.86. The number of hydrogen-bond acceptors (Lipinski definition) is 2. The molecule has 28 heavy (non-hydrogen) atoms. The van der Waals surface area contributed by atoms with Gasteiger partial charge in [0.2, 0.25) is 11.8 Å². The van der Waals surface area contributed by atoms with Crippen molar-refractivity contribution in [2.45, 2.75) is 82.3 Å². The first-order valence-corrected chi connectivity index (χ1v) is 11.4. The summed E-state index contributed by atoms with van der Waals surface area (Å²) in [4.78, 5) is 28.0. The molecule has 0 spiro atoms. The summed E-state index contributed by atoms with van der Waals surface area (Å²) in [5, 5.41) is 3.86. The lowest BCUT2D eigenvalue weighted by molar-refractivity contribution is -0.142. The molecule has 154 valence electrons. The van der Waals surface area contributed by atoms with Crippen molar-refractivity contribution in [2.75, 3.05) is 5.88 Å². The van der Waals surface area contributed by atoms with Crippen molar-refractivity contribution in [1.82, 2.24) is 10.2 Å². The van der Waals surface area contributed by atoms with Gasteiger partial charge in [-0.2, -0.15) is 0 Å². The summed E-state index contributed by atoms with van der Waals surface area (Å²) in [6.45, 7) is 0. The standard InChI is InChI=1S/C22H30Cl2N2O2/c23-15-20(27)26(19-9-5-6-10-19)21(16-11-13-17(24)14-12-16)22(28)25-18-7-3-1-2-4-8-18/h11-14,18-19,21H,1-10,15H2,(H,25,28)/t21-/m0/s1. The smallest absolute Gasteiger partial charge is 0.247 e. The lowest BCUT2D eigenvalue weighted by Crippen LogP contribution is -2.50. The third kappa shape index (κ3) is 5.42. The van der Waals surface area contributed by atoms with E-state index >= 15 is 0 Å². The lowest BCUT2D eigenvalue weighted by Gasteiger charge is -2.36. The first kappa shape index (κ1) is 21.4. The summed E-state index contributed by atoms with van der Waals surface area (Å²) >= 11 is 12.0. The maximum absolute atomic E-state index is 13.4. The molecule has 1 N–H and O–H groups in total. The SMILES string of the molecule is O=C(NC1CCCCCC1)[C@H](c1ccc(Cl)cc1)N(C(=O)CCl)C1CCCC1. The third-order valence-electron chi connectivity index (χ3n) is 6.03. The molecule has 2 amide bonds. The van der Waals surface area contributed by atoms with Crippen LogP contribution in [0.15, 0.2) is 24.3 Å². The molecular weight excluding hydrogens is 395 g/mol. The van der Waals surface area contributed by atoms with Gasteiger partial charge >= 0.3 is 0 Å². The summed E-state index contributed by atoms with van der Waals surface area (Å²) in [6.07, 6.45) is 10.7. The van der Waals surface area contributed by atoms with Gasteiger partial charge in [-0.3, -0.25) is 9.59 Å². The zero-order valence-electron chi connectivity index (χ0n) is 16.3. The van der Waals surface area contributed by atoms with Gasteiger partial charge in [0.15, 0.2) is 0 Å². The molecule has 2 aliphatic carbocycles. The van der Waals surface area contributed by atoms with E-state index in [4.69, 9.17) is 23.2 Å². The van der Waals surface area contributed by atoms with E-state index in [0.717, 1.165) is 56.9 Å². The van der Waals surface area contributed by atoms with Crippen LogP contribution >= 0.6 is 23.2 Å². The Morgan fingerprint density at radius 2 is 1.54 bits per heavy atom. The molecule has 2 fully saturated rings. The Morgan fingerprint density at radius 1 is 0.964 bits per heavy atom. The second kappa shape index (κ2) is 10.5. The highest BCUT2D eigenvalue weighted by Gasteiger charge is 2.37. The molecule has 1 aromatic carbocycles. The summed E-state index contributed by atoms with van der Waals surface area (Å²) in [7, 11) is 0. The van der Waals surface area contributed by atoms with Crippen LogP contribution in [0.25, 0.3) is 0 Å². The normalized spacial score (nSPS) is 19.8. The van der Waals surface area contributed by atoms with E-state index in [9.17, 15) is 9.59 Å². The summed E-state index contributed by atoms with van der Waals surface area (Å²) < 4.78 is 0. The number of nitrogens with one attached hydrogen (secondary N) is 1. The van der Waals surface area contributed by atoms with Gasteiger partial charge in [0.1, 0.15) is 11.9 Å². The van der Waals surface area contributed by atoms with Gasteiger partial charge in [0.25, 0.3) is 0 Å². The number of nitrogens with zero attached hydrogens (tertiary/aromatic N) is 1. The zero-order valence-corrected chi connectivity index (χ0v) is 17.9. The Hall–Kier alpha value is -1.26. The van der Waals surface area contributed by atoms with Gasteiger partial charge in [0, 0.05) is 17.1 Å². The van der Waals surface area contributed by atoms with E-state index in [1.165, 1.54) is 12.8 Å². The maximum atomic E-state index is 13.4. The molecule has 2 saturated carbocycles. The Labute approximate surface area is 177 Å². The highest BCUT2D eigenvalue weighted by atomic mass is 35.5. The predicted molar refractivity (Wildman–Crippen MR) is 114 cm³/mol. The van der Waals surface area contributed by atoms with Crippen LogP contribution in [0.5, 0.6) is 0 Å². The monoisotopic (exact) mass is 424 g/mol.